The lowest BCUT2D eigenvalue weighted by molar-refractivity contribution is 0.397. The Morgan fingerprint density at radius 3 is 1.29 bits per heavy atom. The second kappa shape index (κ2) is 10.5. The Hall–Kier alpha value is -2.88. The zero-order chi connectivity index (χ0) is 19.6. The van der Waals surface area contributed by atoms with E-state index in [1.54, 1.807) is 0 Å². The molecule has 10 heteroatoms. The van der Waals surface area contributed by atoms with Crippen LogP contribution in [0.15, 0.2) is 0 Å². The van der Waals surface area contributed by atoms with Gasteiger partial charge in [0.15, 0.2) is 11.6 Å². The maximum atomic E-state index is 8.14. The molecule has 0 bridgehead atoms. The fourth-order valence-corrected chi connectivity index (χ4v) is 2.44. The fraction of sp³-hybridized carbons (Fsp3) is 0.778. The predicted molar refractivity (Wildman–Crippen MR) is 98.2 cm³/mol. The molecule has 2 aromatic heterocycles. The monoisotopic (exact) mass is 382 g/mol. The van der Waals surface area contributed by atoms with Crippen LogP contribution in [-0.4, -0.2) is 41.2 Å². The molecule has 0 atom stereocenters. The number of H-pyrrole nitrogens is 2. The van der Waals surface area contributed by atoms with Crippen molar-refractivity contribution in [1.82, 2.24) is 41.2 Å². The van der Waals surface area contributed by atoms with E-state index in [-0.39, 0.29) is 0 Å². The molecule has 4 aliphatic rings. The lowest BCUT2D eigenvalue weighted by Crippen LogP contribution is -2.10. The molecule has 2 heterocycles. The molecular weight excluding hydrogens is 356 g/mol. The van der Waals surface area contributed by atoms with Gasteiger partial charge in [0.2, 0.25) is 0 Å². The molecule has 2 aromatic rings. The summed E-state index contributed by atoms with van der Waals surface area (Å²) < 4.78 is 0. The normalized spacial score (nSPS) is 20.2. The SMILES string of the molecule is C1CC(c2nn[nH]n2)C1.C1CC1c1nn[nH]n1.N#CC1CC1.N#CC1CCC1. The van der Waals surface area contributed by atoms with Gasteiger partial charge in [-0.3, -0.25) is 0 Å². The third kappa shape index (κ3) is 6.69. The zero-order valence-corrected chi connectivity index (χ0v) is 16.0. The van der Waals surface area contributed by atoms with Gasteiger partial charge in [-0.1, -0.05) is 23.3 Å². The van der Waals surface area contributed by atoms with Gasteiger partial charge in [0.25, 0.3) is 0 Å². The highest BCUT2D eigenvalue weighted by atomic mass is 15.5. The highest BCUT2D eigenvalue weighted by molar-refractivity contribution is 5.00. The molecule has 0 saturated heterocycles. The number of hydrogen-bond donors (Lipinski definition) is 2. The third-order valence-electron chi connectivity index (χ3n) is 5.18. The summed E-state index contributed by atoms with van der Waals surface area (Å²) >= 11 is 0. The summed E-state index contributed by atoms with van der Waals surface area (Å²) in [7, 11) is 0. The second-order valence-electron chi connectivity index (χ2n) is 7.60. The first-order valence-corrected chi connectivity index (χ1v) is 10.1. The van der Waals surface area contributed by atoms with Crippen molar-refractivity contribution < 1.29 is 0 Å². The molecule has 0 spiro atoms. The zero-order valence-electron chi connectivity index (χ0n) is 16.0. The van der Waals surface area contributed by atoms with E-state index in [0.29, 0.717) is 23.7 Å². The van der Waals surface area contributed by atoms with Crippen molar-refractivity contribution >= 4 is 0 Å². The van der Waals surface area contributed by atoms with Crippen LogP contribution in [0.3, 0.4) is 0 Å². The van der Waals surface area contributed by atoms with Crippen molar-refractivity contribution in [3.8, 4) is 12.1 Å². The standard InChI is InChI=1S/C5H8N4.C5H7N.C4H6N4.C4H5N/c1-2-4(3-1)5-6-8-9-7-5;6-4-5-2-1-3-5;1-2-3(1)4-5-7-8-6-4;5-3-4-1-2-4/h4H,1-3H2,(H,6,7,8,9);5H,1-3H2;3H,1-2H2,(H,5,6,7,8);4H,1-2H2. The van der Waals surface area contributed by atoms with Crippen molar-refractivity contribution in [2.24, 2.45) is 11.8 Å². The van der Waals surface area contributed by atoms with Crippen LogP contribution in [0.25, 0.3) is 0 Å². The number of aromatic nitrogens is 8. The molecule has 0 unspecified atom stereocenters. The van der Waals surface area contributed by atoms with Gasteiger partial charge in [-0.2, -0.15) is 21.0 Å². The average molecular weight is 382 g/mol. The first kappa shape index (κ1) is 19.9. The van der Waals surface area contributed by atoms with Crippen LogP contribution < -0.4 is 0 Å². The van der Waals surface area contributed by atoms with E-state index in [2.05, 4.69) is 53.4 Å². The van der Waals surface area contributed by atoms with Crippen LogP contribution in [0.2, 0.25) is 0 Å². The van der Waals surface area contributed by atoms with E-state index in [0.717, 1.165) is 37.3 Å². The summed E-state index contributed by atoms with van der Waals surface area (Å²) in [6, 6.07) is 4.34. The Labute approximate surface area is 164 Å². The first-order valence-electron chi connectivity index (χ1n) is 10.1. The summed E-state index contributed by atoms with van der Waals surface area (Å²) in [5.41, 5.74) is 0. The fourth-order valence-electron chi connectivity index (χ4n) is 2.44. The van der Waals surface area contributed by atoms with Crippen molar-refractivity contribution in [3.63, 3.8) is 0 Å². The molecule has 2 N–H and O–H groups in total. The number of aromatic amines is 2. The highest BCUT2D eigenvalue weighted by Gasteiger charge is 2.27. The third-order valence-corrected chi connectivity index (χ3v) is 5.18. The molecule has 0 aliphatic heterocycles. The Bertz CT molecular complexity index is 741. The Morgan fingerprint density at radius 2 is 1.11 bits per heavy atom. The van der Waals surface area contributed by atoms with Crippen molar-refractivity contribution in [3.05, 3.63) is 11.6 Å². The number of hydrogen-bond acceptors (Lipinski definition) is 8. The van der Waals surface area contributed by atoms with Crippen LogP contribution in [0.4, 0.5) is 0 Å². The van der Waals surface area contributed by atoms with Gasteiger partial charge in [0.05, 0.1) is 12.1 Å². The summed E-state index contributed by atoms with van der Waals surface area (Å²) in [6.07, 6.45) is 12.1. The Kier molecular flexibility index (Phi) is 7.42. The number of rotatable bonds is 2. The molecular formula is C18H26N10. The van der Waals surface area contributed by atoms with Crippen molar-refractivity contribution in [2.75, 3.05) is 0 Å². The largest absolute Gasteiger partial charge is 0.198 e. The lowest BCUT2D eigenvalue weighted by atomic mass is 9.85. The van der Waals surface area contributed by atoms with Crippen LogP contribution in [0.5, 0.6) is 0 Å². The van der Waals surface area contributed by atoms with Gasteiger partial charge >= 0.3 is 0 Å². The first-order chi connectivity index (χ1) is 13.8. The Morgan fingerprint density at radius 1 is 0.643 bits per heavy atom. The summed E-state index contributed by atoms with van der Waals surface area (Å²) in [5.74, 6) is 3.85. The lowest BCUT2D eigenvalue weighted by Gasteiger charge is -2.20. The van der Waals surface area contributed by atoms with E-state index in [1.165, 1.54) is 38.5 Å². The molecule has 6 rings (SSSR count). The van der Waals surface area contributed by atoms with Gasteiger partial charge in [0.1, 0.15) is 0 Å². The minimum absolute atomic E-state index is 0.421. The maximum absolute atomic E-state index is 8.14. The number of tetrazole rings is 2. The van der Waals surface area contributed by atoms with Crippen molar-refractivity contribution in [2.45, 2.75) is 76.0 Å². The van der Waals surface area contributed by atoms with Gasteiger partial charge < -0.3 is 0 Å². The van der Waals surface area contributed by atoms with E-state index in [1.807, 2.05) is 0 Å². The van der Waals surface area contributed by atoms with Crippen LogP contribution in [-0.2, 0) is 0 Å². The van der Waals surface area contributed by atoms with Crippen LogP contribution >= 0.6 is 0 Å². The predicted octanol–water partition coefficient (Wildman–Crippen LogP) is 2.77. The van der Waals surface area contributed by atoms with Gasteiger partial charge in [-0.15, -0.1) is 20.4 Å². The second-order valence-corrected chi connectivity index (χ2v) is 7.60. The average Bonchev–Trinajstić information content (AvgIpc) is 3.55. The topological polar surface area (TPSA) is 156 Å². The Balaban J connectivity index is 0.000000110. The number of nitrogens with zero attached hydrogens (tertiary/aromatic N) is 8. The summed E-state index contributed by atoms with van der Waals surface area (Å²) in [6.45, 7) is 0. The van der Waals surface area contributed by atoms with Crippen molar-refractivity contribution in [1.29, 1.82) is 10.5 Å². The molecule has 28 heavy (non-hydrogen) atoms. The highest BCUT2D eigenvalue weighted by Crippen LogP contribution is 2.37. The molecule has 4 saturated carbocycles. The van der Waals surface area contributed by atoms with Crippen LogP contribution in [0.1, 0.15) is 87.7 Å². The van der Waals surface area contributed by atoms with E-state index >= 15 is 0 Å². The number of nitrogens with one attached hydrogen (secondary N) is 2. The van der Waals surface area contributed by atoms with E-state index in [9.17, 15) is 0 Å². The molecule has 0 radical (unpaired) electrons. The molecule has 0 aromatic carbocycles. The molecule has 10 nitrogen and oxygen atoms in total. The molecule has 0 amide bonds. The smallest absolute Gasteiger partial charge is 0.177 e. The van der Waals surface area contributed by atoms with Gasteiger partial charge in [-0.25, -0.2) is 0 Å². The molecule has 4 fully saturated rings. The summed E-state index contributed by atoms with van der Waals surface area (Å²) in [5, 5.41) is 43.3. The quantitative estimate of drug-likeness (QED) is 0.802. The minimum Gasteiger partial charge on any atom is -0.198 e. The van der Waals surface area contributed by atoms with E-state index < -0.39 is 0 Å². The van der Waals surface area contributed by atoms with Gasteiger partial charge in [-0.05, 0) is 51.4 Å². The number of nitriles is 2. The minimum atomic E-state index is 0.421. The van der Waals surface area contributed by atoms with Crippen LogP contribution in [0, 0.1) is 34.5 Å². The maximum Gasteiger partial charge on any atom is 0.177 e. The molecule has 148 valence electrons. The summed E-state index contributed by atoms with van der Waals surface area (Å²) in [4.78, 5) is 0. The van der Waals surface area contributed by atoms with E-state index in [4.69, 9.17) is 10.5 Å². The molecule has 4 aliphatic carbocycles. The van der Waals surface area contributed by atoms with Gasteiger partial charge in [0, 0.05) is 23.7 Å².